The fraction of sp³-hybridized carbons (Fsp3) is 0.545. The van der Waals surface area contributed by atoms with E-state index in [0.717, 1.165) is 5.56 Å². The molecule has 1 aromatic heterocycles. The first-order chi connectivity index (χ1) is 6.70. The summed E-state index contributed by atoms with van der Waals surface area (Å²) in [7, 11) is 1.64. The van der Waals surface area contributed by atoms with Gasteiger partial charge in [-0.2, -0.15) is 0 Å². The van der Waals surface area contributed by atoms with Crippen molar-refractivity contribution in [1.29, 1.82) is 0 Å². The summed E-state index contributed by atoms with van der Waals surface area (Å²) in [6.07, 6.45) is 1.73. The van der Waals surface area contributed by atoms with Gasteiger partial charge in [0.15, 0.2) is 0 Å². The Morgan fingerprint density at radius 3 is 2.71 bits per heavy atom. The molecule has 0 saturated heterocycles. The van der Waals surface area contributed by atoms with Crippen molar-refractivity contribution in [2.24, 2.45) is 11.7 Å². The maximum Gasteiger partial charge on any atom is 0.216 e. The van der Waals surface area contributed by atoms with Gasteiger partial charge in [-0.3, -0.25) is 0 Å². The van der Waals surface area contributed by atoms with Crippen LogP contribution in [0.1, 0.15) is 25.3 Å². The van der Waals surface area contributed by atoms with E-state index in [2.05, 4.69) is 18.8 Å². The van der Waals surface area contributed by atoms with Crippen molar-refractivity contribution >= 4 is 0 Å². The number of pyridine rings is 1. The Kier molecular flexibility index (Phi) is 3.89. The molecule has 0 aromatic carbocycles. The Balaban J connectivity index is 3.02. The van der Waals surface area contributed by atoms with Gasteiger partial charge in [0.1, 0.15) is 0 Å². The minimum atomic E-state index is 0.318. The second kappa shape index (κ2) is 4.96. The Morgan fingerprint density at radius 1 is 1.50 bits per heavy atom. The lowest BCUT2D eigenvalue weighted by molar-refractivity contribution is 0.379. The first-order valence-corrected chi connectivity index (χ1v) is 4.89. The van der Waals surface area contributed by atoms with Crippen LogP contribution in [0, 0.1) is 5.92 Å². The zero-order valence-electron chi connectivity index (χ0n) is 9.03. The van der Waals surface area contributed by atoms with Crippen molar-refractivity contribution in [3.05, 3.63) is 23.9 Å². The summed E-state index contributed by atoms with van der Waals surface area (Å²) >= 11 is 0. The standard InChI is InChI=1S/C11H18N2O/c1-8(2)10(7-12)9-5-4-6-13-11(9)14-3/h4-6,8,10H,7,12H2,1-3H3. The normalized spacial score (nSPS) is 12.9. The molecule has 0 radical (unpaired) electrons. The molecule has 14 heavy (non-hydrogen) atoms. The van der Waals surface area contributed by atoms with E-state index in [-0.39, 0.29) is 0 Å². The monoisotopic (exact) mass is 194 g/mol. The third kappa shape index (κ3) is 2.23. The van der Waals surface area contributed by atoms with E-state index >= 15 is 0 Å². The van der Waals surface area contributed by atoms with Crippen molar-refractivity contribution in [2.75, 3.05) is 13.7 Å². The minimum Gasteiger partial charge on any atom is -0.481 e. The number of rotatable bonds is 4. The van der Waals surface area contributed by atoms with Gasteiger partial charge >= 0.3 is 0 Å². The van der Waals surface area contributed by atoms with Crippen LogP contribution in [-0.2, 0) is 0 Å². The van der Waals surface area contributed by atoms with Crippen molar-refractivity contribution in [3.8, 4) is 5.88 Å². The van der Waals surface area contributed by atoms with Gasteiger partial charge in [-0.05, 0) is 18.5 Å². The molecule has 0 fully saturated rings. The van der Waals surface area contributed by atoms with E-state index in [1.54, 1.807) is 13.3 Å². The van der Waals surface area contributed by atoms with Crippen molar-refractivity contribution in [2.45, 2.75) is 19.8 Å². The number of nitrogens with two attached hydrogens (primary N) is 1. The molecule has 0 aliphatic heterocycles. The lowest BCUT2D eigenvalue weighted by Gasteiger charge is -2.20. The van der Waals surface area contributed by atoms with Gasteiger partial charge in [0.25, 0.3) is 0 Å². The molecule has 3 nitrogen and oxygen atoms in total. The van der Waals surface area contributed by atoms with Crippen molar-refractivity contribution in [1.82, 2.24) is 4.98 Å². The highest BCUT2D eigenvalue weighted by Crippen LogP contribution is 2.28. The quantitative estimate of drug-likeness (QED) is 0.795. The van der Waals surface area contributed by atoms with Crippen LogP contribution in [0.3, 0.4) is 0 Å². The molecule has 78 valence electrons. The Morgan fingerprint density at radius 2 is 2.21 bits per heavy atom. The molecule has 0 bridgehead atoms. The molecule has 0 aliphatic carbocycles. The van der Waals surface area contributed by atoms with Crippen LogP contribution in [0.2, 0.25) is 0 Å². The second-order valence-electron chi connectivity index (χ2n) is 3.69. The number of ether oxygens (including phenoxy) is 1. The van der Waals surface area contributed by atoms with Crippen molar-refractivity contribution < 1.29 is 4.74 Å². The summed E-state index contributed by atoms with van der Waals surface area (Å²) in [6, 6.07) is 3.95. The molecule has 1 heterocycles. The average Bonchev–Trinajstić information content (AvgIpc) is 2.19. The van der Waals surface area contributed by atoms with Crippen LogP contribution >= 0.6 is 0 Å². The highest BCUT2D eigenvalue weighted by atomic mass is 16.5. The van der Waals surface area contributed by atoms with Crippen LogP contribution < -0.4 is 10.5 Å². The molecular formula is C11H18N2O. The van der Waals surface area contributed by atoms with E-state index in [4.69, 9.17) is 10.5 Å². The van der Waals surface area contributed by atoms with E-state index in [1.807, 2.05) is 12.1 Å². The Hall–Kier alpha value is -1.09. The minimum absolute atomic E-state index is 0.318. The number of hydrogen-bond donors (Lipinski definition) is 1. The van der Waals surface area contributed by atoms with Crippen molar-refractivity contribution in [3.63, 3.8) is 0 Å². The van der Waals surface area contributed by atoms with Crippen LogP contribution in [0.15, 0.2) is 18.3 Å². The Bertz CT molecular complexity index is 286. The SMILES string of the molecule is COc1ncccc1C(CN)C(C)C. The molecule has 2 N–H and O–H groups in total. The van der Waals surface area contributed by atoms with E-state index < -0.39 is 0 Å². The van der Waals surface area contributed by atoms with Crippen LogP contribution in [-0.4, -0.2) is 18.6 Å². The first-order valence-electron chi connectivity index (χ1n) is 4.89. The zero-order valence-corrected chi connectivity index (χ0v) is 9.03. The van der Waals surface area contributed by atoms with Gasteiger partial charge in [0, 0.05) is 17.7 Å². The lowest BCUT2D eigenvalue weighted by Crippen LogP contribution is -2.18. The molecule has 1 rings (SSSR count). The molecule has 0 spiro atoms. The fourth-order valence-electron chi connectivity index (χ4n) is 1.61. The maximum atomic E-state index is 5.75. The molecular weight excluding hydrogens is 176 g/mol. The molecule has 1 unspecified atom stereocenters. The summed E-state index contributed by atoms with van der Waals surface area (Å²) in [4.78, 5) is 4.17. The van der Waals surface area contributed by atoms with Gasteiger partial charge in [-0.1, -0.05) is 19.9 Å². The molecule has 0 amide bonds. The number of methoxy groups -OCH3 is 1. The van der Waals surface area contributed by atoms with Gasteiger partial charge in [-0.25, -0.2) is 4.98 Å². The third-order valence-electron chi connectivity index (χ3n) is 2.45. The number of hydrogen-bond acceptors (Lipinski definition) is 3. The predicted molar refractivity (Wildman–Crippen MR) is 57.4 cm³/mol. The molecule has 1 atom stereocenters. The summed E-state index contributed by atoms with van der Waals surface area (Å²) in [5.41, 5.74) is 6.85. The summed E-state index contributed by atoms with van der Waals surface area (Å²) in [5, 5.41) is 0. The molecule has 1 aromatic rings. The average molecular weight is 194 g/mol. The largest absolute Gasteiger partial charge is 0.481 e. The zero-order chi connectivity index (χ0) is 10.6. The van der Waals surface area contributed by atoms with E-state index in [9.17, 15) is 0 Å². The third-order valence-corrected chi connectivity index (χ3v) is 2.45. The topological polar surface area (TPSA) is 48.1 Å². The summed E-state index contributed by atoms with van der Waals surface area (Å²) in [5.74, 6) is 1.51. The highest BCUT2D eigenvalue weighted by molar-refractivity contribution is 5.30. The molecule has 3 heteroatoms. The summed E-state index contributed by atoms with van der Waals surface area (Å²) < 4.78 is 5.21. The maximum absolute atomic E-state index is 5.75. The smallest absolute Gasteiger partial charge is 0.216 e. The molecule has 0 saturated carbocycles. The van der Waals surface area contributed by atoms with E-state index in [0.29, 0.717) is 24.3 Å². The number of aromatic nitrogens is 1. The van der Waals surface area contributed by atoms with Crippen LogP contribution in [0.5, 0.6) is 5.88 Å². The van der Waals surface area contributed by atoms with Gasteiger partial charge in [0.2, 0.25) is 5.88 Å². The fourth-order valence-corrected chi connectivity index (χ4v) is 1.61. The number of nitrogens with zero attached hydrogens (tertiary/aromatic N) is 1. The highest BCUT2D eigenvalue weighted by Gasteiger charge is 2.18. The Labute approximate surface area is 85.3 Å². The predicted octanol–water partition coefficient (Wildman–Crippen LogP) is 1.79. The lowest BCUT2D eigenvalue weighted by atomic mass is 9.89. The molecule has 0 aliphatic rings. The summed E-state index contributed by atoms with van der Waals surface area (Å²) in [6.45, 7) is 4.94. The van der Waals surface area contributed by atoms with E-state index in [1.165, 1.54) is 0 Å². The van der Waals surface area contributed by atoms with Gasteiger partial charge in [0.05, 0.1) is 7.11 Å². The van der Waals surface area contributed by atoms with Gasteiger partial charge < -0.3 is 10.5 Å². The van der Waals surface area contributed by atoms with Gasteiger partial charge in [-0.15, -0.1) is 0 Å². The first kappa shape index (κ1) is 11.0. The van der Waals surface area contributed by atoms with Crippen LogP contribution in [0.4, 0.5) is 0 Å². The second-order valence-corrected chi connectivity index (χ2v) is 3.69. The van der Waals surface area contributed by atoms with Crippen LogP contribution in [0.25, 0.3) is 0 Å².